The summed E-state index contributed by atoms with van der Waals surface area (Å²) in [6.45, 7) is 0.561. The predicted molar refractivity (Wildman–Crippen MR) is 103 cm³/mol. The van der Waals surface area contributed by atoms with E-state index in [2.05, 4.69) is 10.3 Å². The highest BCUT2D eigenvalue weighted by molar-refractivity contribution is 6.31. The van der Waals surface area contributed by atoms with E-state index >= 15 is 0 Å². The summed E-state index contributed by atoms with van der Waals surface area (Å²) in [5.41, 5.74) is 3.05. The molecule has 2 N–H and O–H groups in total. The van der Waals surface area contributed by atoms with Gasteiger partial charge in [0.2, 0.25) is 5.91 Å². The molecule has 0 aliphatic heterocycles. The van der Waals surface area contributed by atoms with Crippen LogP contribution in [0.1, 0.15) is 11.1 Å². The maximum Gasteiger partial charge on any atom is 0.224 e. The number of hydrogen-bond donors (Lipinski definition) is 2. The zero-order chi connectivity index (χ0) is 18.5. The fourth-order valence-electron chi connectivity index (χ4n) is 2.93. The van der Waals surface area contributed by atoms with E-state index in [1.54, 1.807) is 20.3 Å². The number of aromatic nitrogens is 1. The van der Waals surface area contributed by atoms with Crippen molar-refractivity contribution in [3.8, 4) is 11.5 Å². The van der Waals surface area contributed by atoms with Crippen molar-refractivity contribution in [2.75, 3.05) is 20.8 Å². The number of hydrogen-bond acceptors (Lipinski definition) is 3. The third kappa shape index (κ3) is 4.11. The maximum atomic E-state index is 12.2. The molecule has 0 radical (unpaired) electrons. The Balaban J connectivity index is 1.56. The van der Waals surface area contributed by atoms with Crippen molar-refractivity contribution in [1.29, 1.82) is 0 Å². The Bertz CT molecular complexity index is 921. The molecule has 2 aromatic carbocycles. The highest BCUT2D eigenvalue weighted by atomic mass is 35.5. The molecule has 0 saturated carbocycles. The van der Waals surface area contributed by atoms with Gasteiger partial charge in [-0.25, -0.2) is 0 Å². The van der Waals surface area contributed by atoms with Gasteiger partial charge in [0.1, 0.15) is 0 Å². The molecule has 136 valence electrons. The molecule has 0 atom stereocenters. The SMILES string of the molecule is COc1ccc(CC(=O)NCCc2c[nH]c3ccc(Cl)cc23)cc1OC. The van der Waals surface area contributed by atoms with Gasteiger partial charge in [0.05, 0.1) is 20.6 Å². The average Bonchev–Trinajstić information content (AvgIpc) is 3.03. The van der Waals surface area contributed by atoms with Gasteiger partial charge in [0.25, 0.3) is 0 Å². The zero-order valence-electron chi connectivity index (χ0n) is 14.8. The van der Waals surface area contributed by atoms with Crippen molar-refractivity contribution < 1.29 is 14.3 Å². The van der Waals surface area contributed by atoms with Gasteiger partial charge in [-0.15, -0.1) is 0 Å². The fraction of sp³-hybridized carbons (Fsp3) is 0.250. The van der Waals surface area contributed by atoms with Crippen LogP contribution in [0.2, 0.25) is 5.02 Å². The van der Waals surface area contributed by atoms with E-state index in [4.69, 9.17) is 21.1 Å². The smallest absolute Gasteiger partial charge is 0.224 e. The standard InChI is InChI=1S/C20H21ClN2O3/c1-25-18-6-3-13(9-19(18)26-2)10-20(24)22-8-7-14-12-23-17-5-4-15(21)11-16(14)17/h3-6,9,11-12,23H,7-8,10H2,1-2H3,(H,22,24). The number of carbonyl (C=O) groups is 1. The second-order valence-electron chi connectivity index (χ2n) is 5.97. The van der Waals surface area contributed by atoms with Crippen molar-refractivity contribution in [2.24, 2.45) is 0 Å². The molecule has 0 aliphatic rings. The average molecular weight is 373 g/mol. The lowest BCUT2D eigenvalue weighted by atomic mass is 10.1. The molecule has 3 rings (SSSR count). The Hall–Kier alpha value is -2.66. The van der Waals surface area contributed by atoms with Gasteiger partial charge in [-0.2, -0.15) is 0 Å². The van der Waals surface area contributed by atoms with E-state index in [1.165, 1.54) is 0 Å². The first kappa shape index (κ1) is 18.1. The molecule has 0 bridgehead atoms. The maximum absolute atomic E-state index is 12.2. The van der Waals surface area contributed by atoms with E-state index in [0.29, 0.717) is 29.5 Å². The number of fused-ring (bicyclic) bond motifs is 1. The summed E-state index contributed by atoms with van der Waals surface area (Å²) in [6.07, 6.45) is 2.99. The highest BCUT2D eigenvalue weighted by Crippen LogP contribution is 2.27. The molecule has 6 heteroatoms. The van der Waals surface area contributed by atoms with E-state index < -0.39 is 0 Å². The van der Waals surface area contributed by atoms with Gasteiger partial charge in [-0.1, -0.05) is 17.7 Å². The van der Waals surface area contributed by atoms with Crippen LogP contribution in [0.4, 0.5) is 0 Å². The number of methoxy groups -OCH3 is 2. The van der Waals surface area contributed by atoms with Crippen LogP contribution in [0.5, 0.6) is 11.5 Å². The summed E-state index contributed by atoms with van der Waals surface area (Å²) >= 11 is 6.07. The van der Waals surface area contributed by atoms with Crippen molar-refractivity contribution in [3.63, 3.8) is 0 Å². The summed E-state index contributed by atoms with van der Waals surface area (Å²) in [4.78, 5) is 15.4. The van der Waals surface area contributed by atoms with Crippen LogP contribution in [0.3, 0.4) is 0 Å². The minimum absolute atomic E-state index is 0.0323. The Morgan fingerprint density at radius 2 is 1.92 bits per heavy atom. The topological polar surface area (TPSA) is 63.3 Å². The third-order valence-electron chi connectivity index (χ3n) is 4.26. The fourth-order valence-corrected chi connectivity index (χ4v) is 3.10. The summed E-state index contributed by atoms with van der Waals surface area (Å²) < 4.78 is 10.5. The number of benzene rings is 2. The first-order valence-corrected chi connectivity index (χ1v) is 8.71. The second kappa shape index (κ2) is 8.15. The summed E-state index contributed by atoms with van der Waals surface area (Å²) in [5, 5.41) is 4.75. The zero-order valence-corrected chi connectivity index (χ0v) is 15.5. The van der Waals surface area contributed by atoms with Gasteiger partial charge in [-0.05, 0) is 47.9 Å². The van der Waals surface area contributed by atoms with Gasteiger partial charge >= 0.3 is 0 Å². The van der Waals surface area contributed by atoms with Crippen molar-refractivity contribution in [2.45, 2.75) is 12.8 Å². The van der Waals surface area contributed by atoms with Crippen LogP contribution in [0, 0.1) is 0 Å². The van der Waals surface area contributed by atoms with Crippen LogP contribution in [0.25, 0.3) is 10.9 Å². The normalized spacial score (nSPS) is 10.7. The molecule has 3 aromatic rings. The van der Waals surface area contributed by atoms with Crippen molar-refractivity contribution >= 4 is 28.4 Å². The predicted octanol–water partition coefficient (Wildman–Crippen LogP) is 3.74. The molecule has 5 nitrogen and oxygen atoms in total. The van der Waals surface area contributed by atoms with Gasteiger partial charge in [0.15, 0.2) is 11.5 Å². The van der Waals surface area contributed by atoms with Gasteiger partial charge in [-0.3, -0.25) is 4.79 Å². The summed E-state index contributed by atoms with van der Waals surface area (Å²) in [7, 11) is 3.16. The molecule has 1 heterocycles. The number of rotatable bonds is 7. The lowest BCUT2D eigenvalue weighted by Crippen LogP contribution is -2.27. The number of ether oxygens (including phenoxy) is 2. The van der Waals surface area contributed by atoms with Crippen molar-refractivity contribution in [1.82, 2.24) is 10.3 Å². The van der Waals surface area contributed by atoms with E-state index in [0.717, 1.165) is 28.5 Å². The molecule has 0 unspecified atom stereocenters. The number of aromatic amines is 1. The number of H-pyrrole nitrogens is 1. The Morgan fingerprint density at radius 1 is 1.12 bits per heavy atom. The largest absolute Gasteiger partial charge is 0.493 e. The number of halogens is 1. The quantitative estimate of drug-likeness (QED) is 0.664. The minimum Gasteiger partial charge on any atom is -0.493 e. The van der Waals surface area contributed by atoms with Crippen LogP contribution >= 0.6 is 11.6 Å². The molecule has 0 spiro atoms. The van der Waals surface area contributed by atoms with Crippen LogP contribution in [0.15, 0.2) is 42.6 Å². The summed E-state index contributed by atoms with van der Waals surface area (Å²) in [6, 6.07) is 11.2. The number of carbonyl (C=O) groups excluding carboxylic acids is 1. The van der Waals surface area contributed by atoms with Crippen LogP contribution in [-0.2, 0) is 17.6 Å². The molecular weight excluding hydrogens is 352 g/mol. The van der Waals surface area contributed by atoms with E-state index in [9.17, 15) is 4.79 Å². The molecular formula is C20H21ClN2O3. The van der Waals surface area contributed by atoms with E-state index in [-0.39, 0.29) is 5.91 Å². The summed E-state index contributed by atoms with van der Waals surface area (Å²) in [5.74, 6) is 1.23. The number of amides is 1. The lowest BCUT2D eigenvalue weighted by molar-refractivity contribution is -0.120. The van der Waals surface area contributed by atoms with Crippen LogP contribution < -0.4 is 14.8 Å². The van der Waals surface area contributed by atoms with Crippen molar-refractivity contribution in [3.05, 3.63) is 58.7 Å². The minimum atomic E-state index is -0.0323. The van der Waals surface area contributed by atoms with Gasteiger partial charge < -0.3 is 19.8 Å². The first-order valence-electron chi connectivity index (χ1n) is 8.34. The number of nitrogens with one attached hydrogen (secondary N) is 2. The Labute approximate surface area is 157 Å². The van der Waals surface area contributed by atoms with Gasteiger partial charge in [0, 0.05) is 28.7 Å². The van der Waals surface area contributed by atoms with E-state index in [1.807, 2.05) is 36.5 Å². The molecule has 1 aromatic heterocycles. The highest BCUT2D eigenvalue weighted by Gasteiger charge is 2.09. The molecule has 0 fully saturated rings. The Kier molecular flexibility index (Phi) is 5.68. The molecule has 26 heavy (non-hydrogen) atoms. The Morgan fingerprint density at radius 3 is 2.69 bits per heavy atom. The molecule has 0 saturated heterocycles. The first-order chi connectivity index (χ1) is 12.6. The monoisotopic (exact) mass is 372 g/mol. The third-order valence-corrected chi connectivity index (χ3v) is 4.49. The lowest BCUT2D eigenvalue weighted by Gasteiger charge is -2.10. The second-order valence-corrected chi connectivity index (χ2v) is 6.41. The molecule has 1 amide bonds. The molecule has 0 aliphatic carbocycles. The van der Waals surface area contributed by atoms with Crippen LogP contribution in [-0.4, -0.2) is 31.7 Å².